The zero-order valence-electron chi connectivity index (χ0n) is 15.5. The molecule has 0 aromatic heterocycles. The van der Waals surface area contributed by atoms with Gasteiger partial charge in [0, 0.05) is 18.7 Å². The molecule has 0 atom stereocenters. The molecule has 0 saturated heterocycles. The maximum absolute atomic E-state index is 12.5. The molecule has 0 saturated carbocycles. The van der Waals surface area contributed by atoms with Gasteiger partial charge in [-0.25, -0.2) is 0 Å². The van der Waals surface area contributed by atoms with Crippen LogP contribution in [0.25, 0.3) is 0 Å². The lowest BCUT2D eigenvalue weighted by Crippen LogP contribution is -2.30. The molecule has 0 bridgehead atoms. The minimum atomic E-state index is -0.304. The van der Waals surface area contributed by atoms with Crippen LogP contribution in [0.3, 0.4) is 0 Å². The normalized spacial score (nSPS) is 13.0. The largest absolute Gasteiger partial charge is 0.352 e. The summed E-state index contributed by atoms with van der Waals surface area (Å²) in [5.41, 5.74) is 2.36. The summed E-state index contributed by atoms with van der Waals surface area (Å²) in [5.74, 6) is -0.793. The third-order valence-corrected chi connectivity index (χ3v) is 4.74. The quantitative estimate of drug-likeness (QED) is 0.576. The fraction of sp³-hybridized carbons (Fsp3) is 0.318. The van der Waals surface area contributed by atoms with Crippen LogP contribution in [0.1, 0.15) is 62.8 Å². The highest BCUT2D eigenvalue weighted by atomic mass is 16.2. The number of hydrogen-bond donors (Lipinski definition) is 1. The molecule has 140 valence electrons. The Bertz CT molecular complexity index is 846. The number of fused-ring (bicyclic) bond motifs is 1. The lowest BCUT2D eigenvalue weighted by molar-refractivity contribution is 0.0652. The number of rotatable bonds is 8. The van der Waals surface area contributed by atoms with Crippen LogP contribution >= 0.6 is 0 Å². The van der Waals surface area contributed by atoms with E-state index >= 15 is 0 Å². The minimum Gasteiger partial charge on any atom is -0.352 e. The minimum absolute atomic E-state index is 0.224. The number of carbonyl (C=O) groups excluding carboxylic acids is 3. The van der Waals surface area contributed by atoms with Gasteiger partial charge in [-0.1, -0.05) is 43.7 Å². The van der Waals surface area contributed by atoms with Crippen molar-refractivity contribution >= 4 is 17.7 Å². The van der Waals surface area contributed by atoms with Crippen molar-refractivity contribution in [3.05, 3.63) is 70.8 Å². The van der Waals surface area contributed by atoms with Gasteiger partial charge in [-0.3, -0.25) is 19.3 Å². The average molecular weight is 364 g/mol. The van der Waals surface area contributed by atoms with Crippen LogP contribution in [0.4, 0.5) is 0 Å². The first-order valence-electron chi connectivity index (χ1n) is 9.44. The number of carbonyl (C=O) groups is 3. The third-order valence-electron chi connectivity index (χ3n) is 4.74. The first-order chi connectivity index (χ1) is 13.1. The van der Waals surface area contributed by atoms with E-state index in [2.05, 4.69) is 17.4 Å². The smallest absolute Gasteiger partial charge is 0.261 e. The summed E-state index contributed by atoms with van der Waals surface area (Å²) in [6, 6.07) is 14.8. The van der Waals surface area contributed by atoms with Gasteiger partial charge in [-0.05, 0) is 43.0 Å². The number of hydrogen-bond acceptors (Lipinski definition) is 3. The maximum atomic E-state index is 12.5. The number of amides is 3. The number of aryl methyl sites for hydroxylation is 1. The Balaban J connectivity index is 1.59. The highest BCUT2D eigenvalue weighted by Gasteiger charge is 2.35. The third kappa shape index (κ3) is 4.25. The van der Waals surface area contributed by atoms with E-state index in [-0.39, 0.29) is 17.7 Å². The standard InChI is InChI=1S/C22H24N2O3/c1-2-3-14-24-21(26)18-12-11-17(15-19(18)22(24)27)20(25)23-13-7-10-16-8-5-4-6-9-16/h4-6,8-9,11-12,15H,2-3,7,10,13-14H2,1H3,(H,23,25). The van der Waals surface area contributed by atoms with E-state index < -0.39 is 0 Å². The van der Waals surface area contributed by atoms with Crippen molar-refractivity contribution in [3.8, 4) is 0 Å². The summed E-state index contributed by atoms with van der Waals surface area (Å²) in [6.07, 6.45) is 3.41. The number of imide groups is 1. The maximum Gasteiger partial charge on any atom is 0.261 e. The van der Waals surface area contributed by atoms with E-state index in [0.29, 0.717) is 29.8 Å². The molecule has 1 heterocycles. The molecule has 3 rings (SSSR count). The molecule has 3 amide bonds. The zero-order chi connectivity index (χ0) is 19.2. The molecule has 0 unspecified atom stereocenters. The van der Waals surface area contributed by atoms with Crippen LogP contribution < -0.4 is 5.32 Å². The number of unbranched alkanes of at least 4 members (excludes halogenated alkanes) is 1. The average Bonchev–Trinajstić information content (AvgIpc) is 2.94. The lowest BCUT2D eigenvalue weighted by Gasteiger charge is -2.12. The lowest BCUT2D eigenvalue weighted by atomic mass is 10.1. The van der Waals surface area contributed by atoms with Gasteiger partial charge in [0.1, 0.15) is 0 Å². The van der Waals surface area contributed by atoms with Crippen molar-refractivity contribution in [2.75, 3.05) is 13.1 Å². The molecule has 2 aromatic carbocycles. The van der Waals surface area contributed by atoms with Crippen LogP contribution in [0, 0.1) is 0 Å². The fourth-order valence-electron chi connectivity index (χ4n) is 3.19. The second kappa shape index (κ2) is 8.62. The molecule has 1 aliphatic rings. The van der Waals surface area contributed by atoms with E-state index in [4.69, 9.17) is 0 Å². The number of nitrogens with one attached hydrogen (secondary N) is 1. The Morgan fingerprint density at radius 3 is 2.44 bits per heavy atom. The van der Waals surface area contributed by atoms with Crippen LogP contribution in [0.2, 0.25) is 0 Å². The van der Waals surface area contributed by atoms with Crippen LogP contribution in [-0.2, 0) is 6.42 Å². The van der Waals surface area contributed by atoms with Crippen molar-refractivity contribution in [1.29, 1.82) is 0 Å². The Labute approximate surface area is 159 Å². The van der Waals surface area contributed by atoms with Gasteiger partial charge in [0.25, 0.3) is 17.7 Å². The first kappa shape index (κ1) is 18.8. The summed E-state index contributed by atoms with van der Waals surface area (Å²) in [4.78, 5) is 38.5. The summed E-state index contributed by atoms with van der Waals surface area (Å²) in [6.45, 7) is 2.99. The molecular formula is C22H24N2O3. The molecule has 2 aromatic rings. The van der Waals surface area contributed by atoms with E-state index in [0.717, 1.165) is 25.7 Å². The van der Waals surface area contributed by atoms with Gasteiger partial charge in [-0.2, -0.15) is 0 Å². The van der Waals surface area contributed by atoms with Crippen LogP contribution in [-0.4, -0.2) is 35.7 Å². The van der Waals surface area contributed by atoms with E-state index in [9.17, 15) is 14.4 Å². The van der Waals surface area contributed by atoms with Crippen molar-refractivity contribution in [2.45, 2.75) is 32.6 Å². The molecule has 5 nitrogen and oxygen atoms in total. The predicted octanol–water partition coefficient (Wildman–Crippen LogP) is 3.45. The Morgan fingerprint density at radius 2 is 1.70 bits per heavy atom. The molecule has 27 heavy (non-hydrogen) atoms. The van der Waals surface area contributed by atoms with Crippen molar-refractivity contribution in [2.24, 2.45) is 0 Å². The van der Waals surface area contributed by atoms with Gasteiger partial charge in [0.05, 0.1) is 11.1 Å². The van der Waals surface area contributed by atoms with Crippen LogP contribution in [0.5, 0.6) is 0 Å². The van der Waals surface area contributed by atoms with Gasteiger partial charge < -0.3 is 5.32 Å². The van der Waals surface area contributed by atoms with Gasteiger partial charge >= 0.3 is 0 Å². The van der Waals surface area contributed by atoms with Crippen LogP contribution in [0.15, 0.2) is 48.5 Å². The second-order valence-electron chi connectivity index (χ2n) is 6.72. The molecule has 1 N–H and O–H groups in total. The number of benzene rings is 2. The molecule has 5 heteroatoms. The van der Waals surface area contributed by atoms with Crippen molar-refractivity contribution < 1.29 is 14.4 Å². The fourth-order valence-corrected chi connectivity index (χ4v) is 3.19. The highest BCUT2D eigenvalue weighted by Crippen LogP contribution is 2.24. The predicted molar refractivity (Wildman–Crippen MR) is 104 cm³/mol. The molecule has 0 spiro atoms. The topological polar surface area (TPSA) is 66.5 Å². The van der Waals surface area contributed by atoms with Crippen molar-refractivity contribution in [3.63, 3.8) is 0 Å². The second-order valence-corrected chi connectivity index (χ2v) is 6.72. The monoisotopic (exact) mass is 364 g/mol. The van der Waals surface area contributed by atoms with E-state index in [1.165, 1.54) is 16.5 Å². The van der Waals surface area contributed by atoms with E-state index in [1.807, 2.05) is 25.1 Å². The molecule has 0 radical (unpaired) electrons. The Kier molecular flexibility index (Phi) is 6.01. The molecule has 1 aliphatic heterocycles. The van der Waals surface area contributed by atoms with Gasteiger partial charge in [0.15, 0.2) is 0 Å². The molecule has 0 aliphatic carbocycles. The number of nitrogens with zero attached hydrogens (tertiary/aromatic N) is 1. The molecular weight excluding hydrogens is 340 g/mol. The Morgan fingerprint density at radius 1 is 0.963 bits per heavy atom. The van der Waals surface area contributed by atoms with Gasteiger partial charge in [-0.15, -0.1) is 0 Å². The summed E-state index contributed by atoms with van der Waals surface area (Å²) >= 11 is 0. The zero-order valence-corrected chi connectivity index (χ0v) is 15.5. The molecule has 0 fully saturated rings. The SMILES string of the molecule is CCCCN1C(=O)c2ccc(C(=O)NCCCc3ccccc3)cc2C1=O. The van der Waals surface area contributed by atoms with E-state index in [1.54, 1.807) is 12.1 Å². The Hall–Kier alpha value is -2.95. The summed E-state index contributed by atoms with van der Waals surface area (Å²) in [5, 5.41) is 2.88. The first-order valence-corrected chi connectivity index (χ1v) is 9.44. The van der Waals surface area contributed by atoms with Gasteiger partial charge in [0.2, 0.25) is 0 Å². The van der Waals surface area contributed by atoms with Crippen molar-refractivity contribution in [1.82, 2.24) is 10.2 Å². The summed E-state index contributed by atoms with van der Waals surface area (Å²) in [7, 11) is 0. The highest BCUT2D eigenvalue weighted by molar-refractivity contribution is 6.22. The summed E-state index contributed by atoms with van der Waals surface area (Å²) < 4.78 is 0.